The van der Waals surface area contributed by atoms with Crippen molar-refractivity contribution in [3.05, 3.63) is 65.7 Å². The van der Waals surface area contributed by atoms with Gasteiger partial charge in [0, 0.05) is 24.1 Å². The minimum atomic E-state index is -4.55. The molecule has 2 aromatic carbocycles. The van der Waals surface area contributed by atoms with Crippen LogP contribution >= 0.6 is 0 Å². The van der Waals surface area contributed by atoms with Gasteiger partial charge in [0.05, 0.1) is 18.3 Å². The molecule has 10 heteroatoms. The summed E-state index contributed by atoms with van der Waals surface area (Å²) in [6, 6.07) is 13.8. The Labute approximate surface area is 232 Å². The van der Waals surface area contributed by atoms with E-state index in [0.717, 1.165) is 17.7 Å². The van der Waals surface area contributed by atoms with Gasteiger partial charge in [-0.05, 0) is 66.7 Å². The molecule has 0 spiro atoms. The van der Waals surface area contributed by atoms with Gasteiger partial charge < -0.3 is 20.3 Å². The Morgan fingerprint density at radius 1 is 1.05 bits per heavy atom. The maximum absolute atomic E-state index is 13.1. The van der Waals surface area contributed by atoms with Crippen LogP contribution in [0.5, 0.6) is 0 Å². The first-order valence-electron chi connectivity index (χ1n) is 13.6. The molecule has 1 unspecified atom stereocenters. The summed E-state index contributed by atoms with van der Waals surface area (Å²) < 4.78 is 44.9. The summed E-state index contributed by atoms with van der Waals surface area (Å²) >= 11 is 0. The molecular formula is C30H37F3N2O5. The molecule has 4 rings (SSSR count). The molecule has 2 aromatic rings. The highest BCUT2D eigenvalue weighted by Crippen LogP contribution is 2.61. The Balaban J connectivity index is 1.45. The van der Waals surface area contributed by atoms with Gasteiger partial charge in [0.1, 0.15) is 6.10 Å². The van der Waals surface area contributed by atoms with E-state index in [4.69, 9.17) is 4.74 Å². The van der Waals surface area contributed by atoms with Crippen molar-refractivity contribution in [2.75, 3.05) is 11.9 Å². The molecule has 2 amide bonds. The predicted octanol–water partition coefficient (Wildman–Crippen LogP) is 5.51. The lowest BCUT2D eigenvalue weighted by Crippen LogP contribution is -2.61. The Kier molecular flexibility index (Phi) is 8.80. The van der Waals surface area contributed by atoms with Gasteiger partial charge in [-0.3, -0.25) is 10.1 Å². The van der Waals surface area contributed by atoms with E-state index in [1.807, 2.05) is 44.2 Å². The van der Waals surface area contributed by atoms with Crippen molar-refractivity contribution >= 4 is 17.7 Å². The van der Waals surface area contributed by atoms with Crippen LogP contribution in [0, 0.1) is 22.7 Å². The van der Waals surface area contributed by atoms with Crippen LogP contribution in [0.2, 0.25) is 0 Å². The zero-order chi connectivity index (χ0) is 29.1. The minimum Gasteiger partial charge on any atom is -0.445 e. The summed E-state index contributed by atoms with van der Waals surface area (Å²) in [7, 11) is 0. The molecule has 0 aliphatic heterocycles. The Morgan fingerprint density at radius 3 is 2.45 bits per heavy atom. The number of ether oxygens (including phenoxy) is 1. The van der Waals surface area contributed by atoms with Crippen LogP contribution < -0.4 is 10.6 Å². The van der Waals surface area contributed by atoms with Gasteiger partial charge in [0.2, 0.25) is 5.91 Å². The molecule has 0 saturated heterocycles. The summed E-state index contributed by atoms with van der Waals surface area (Å²) in [4.78, 5) is 25.7. The molecule has 0 radical (unpaired) electrons. The summed E-state index contributed by atoms with van der Waals surface area (Å²) in [5.41, 5.74) is -1.35. The fraction of sp³-hybridized carbons (Fsp3) is 0.533. The fourth-order valence-electron chi connectivity index (χ4n) is 6.90. The lowest BCUT2D eigenvalue weighted by Gasteiger charge is -2.60. The number of carbonyl (C=O) groups excluding carboxylic acids is 2. The first-order valence-corrected chi connectivity index (χ1v) is 13.6. The predicted molar refractivity (Wildman–Crippen MR) is 143 cm³/mol. The standard InChI is InChI=1S/C30H37F3N2O5/c1-28-14-13-25(40-27(39)35-21-10-6-9-20(15-21)30(31,32)33)29(2,18-36)24(28)12-11-23(37)22(28)16-26(38)34-17-19-7-4-3-5-8-19/h3-10,15,22-25,36-37H,11-14,16-18H2,1-2H3,(H,34,38)(H,35,39)/t22-,23-,24?,25-,28+,29+/m1/s1. The molecule has 2 saturated carbocycles. The topological polar surface area (TPSA) is 108 Å². The number of aliphatic hydroxyl groups is 2. The largest absolute Gasteiger partial charge is 0.445 e. The SMILES string of the molecule is C[C@]1(CO)C2CC[C@@H](O)[C@@H](CC(=O)NCc3ccccc3)[C@]2(C)CC[C@H]1OC(=O)Nc1cccc(C(F)(F)F)c1. The van der Waals surface area contributed by atoms with Gasteiger partial charge >= 0.3 is 12.3 Å². The highest BCUT2D eigenvalue weighted by Gasteiger charge is 2.60. The quantitative estimate of drug-likeness (QED) is 0.356. The van der Waals surface area contributed by atoms with Crippen LogP contribution in [0.15, 0.2) is 54.6 Å². The molecule has 218 valence electrons. The Hall–Kier alpha value is -3.11. The lowest BCUT2D eigenvalue weighted by atomic mass is 9.46. The molecule has 40 heavy (non-hydrogen) atoms. The summed E-state index contributed by atoms with van der Waals surface area (Å²) in [6.07, 6.45) is -4.79. The molecule has 2 aliphatic carbocycles. The molecule has 2 aliphatic rings. The monoisotopic (exact) mass is 562 g/mol. The third-order valence-electron chi connectivity index (χ3n) is 9.10. The van der Waals surface area contributed by atoms with Gasteiger partial charge in [-0.1, -0.05) is 50.2 Å². The normalized spacial score (nSPS) is 30.2. The van der Waals surface area contributed by atoms with Gasteiger partial charge in [-0.15, -0.1) is 0 Å². The van der Waals surface area contributed by atoms with E-state index in [-0.39, 0.29) is 36.5 Å². The summed E-state index contributed by atoms with van der Waals surface area (Å²) in [6.45, 7) is 3.95. The van der Waals surface area contributed by atoms with Crippen LogP contribution in [0.3, 0.4) is 0 Å². The molecule has 6 atom stereocenters. The number of aliphatic hydroxyl groups excluding tert-OH is 2. The maximum atomic E-state index is 13.1. The van der Waals surface area contributed by atoms with Crippen LogP contribution in [-0.4, -0.2) is 41.0 Å². The van der Waals surface area contributed by atoms with Crippen LogP contribution in [0.25, 0.3) is 0 Å². The number of nitrogens with one attached hydrogen (secondary N) is 2. The fourth-order valence-corrected chi connectivity index (χ4v) is 6.90. The van der Waals surface area contributed by atoms with Gasteiger partial charge in [-0.2, -0.15) is 13.2 Å². The van der Waals surface area contributed by atoms with Crippen molar-refractivity contribution in [1.29, 1.82) is 0 Å². The second-order valence-corrected chi connectivity index (χ2v) is 11.6. The zero-order valence-electron chi connectivity index (χ0n) is 22.7. The van der Waals surface area contributed by atoms with Crippen LogP contribution in [-0.2, 0) is 22.3 Å². The Bertz CT molecular complexity index is 1190. The number of fused-ring (bicyclic) bond motifs is 1. The van der Waals surface area contributed by atoms with Crippen LogP contribution in [0.1, 0.15) is 57.1 Å². The van der Waals surface area contributed by atoms with Gasteiger partial charge in [-0.25, -0.2) is 4.79 Å². The molecule has 0 heterocycles. The molecule has 7 nitrogen and oxygen atoms in total. The number of alkyl halides is 3. The molecule has 0 bridgehead atoms. The molecular weight excluding hydrogens is 525 g/mol. The number of carbonyl (C=O) groups is 2. The molecule has 0 aromatic heterocycles. The number of hydrogen-bond acceptors (Lipinski definition) is 5. The zero-order valence-corrected chi connectivity index (χ0v) is 22.7. The van der Waals surface area contributed by atoms with E-state index in [9.17, 15) is 33.0 Å². The summed E-state index contributed by atoms with van der Waals surface area (Å²) in [5, 5.41) is 26.9. The first-order chi connectivity index (χ1) is 18.9. The highest BCUT2D eigenvalue weighted by atomic mass is 19.4. The van der Waals surface area contributed by atoms with Gasteiger partial charge in [0.25, 0.3) is 0 Å². The number of hydrogen-bond donors (Lipinski definition) is 4. The van der Waals surface area contributed by atoms with E-state index in [1.165, 1.54) is 12.1 Å². The van der Waals surface area contributed by atoms with E-state index in [1.54, 1.807) is 0 Å². The van der Waals surface area contributed by atoms with Crippen molar-refractivity contribution in [2.45, 2.75) is 70.9 Å². The highest BCUT2D eigenvalue weighted by molar-refractivity contribution is 5.84. The third-order valence-corrected chi connectivity index (χ3v) is 9.10. The number of halogens is 3. The van der Waals surface area contributed by atoms with Gasteiger partial charge in [0.15, 0.2) is 0 Å². The van der Waals surface area contributed by atoms with E-state index in [2.05, 4.69) is 10.6 Å². The second kappa shape index (κ2) is 11.8. The van der Waals surface area contributed by atoms with E-state index < -0.39 is 40.9 Å². The van der Waals surface area contributed by atoms with Crippen molar-refractivity contribution in [2.24, 2.45) is 22.7 Å². The smallest absolute Gasteiger partial charge is 0.416 e. The summed E-state index contributed by atoms with van der Waals surface area (Å²) in [5.74, 6) is -0.687. The van der Waals surface area contributed by atoms with Crippen LogP contribution in [0.4, 0.5) is 23.7 Å². The molecule has 2 fully saturated rings. The molecule has 4 N–H and O–H groups in total. The average Bonchev–Trinajstić information content (AvgIpc) is 2.91. The van der Waals surface area contributed by atoms with Crippen molar-refractivity contribution < 1.29 is 37.7 Å². The van der Waals surface area contributed by atoms with E-state index in [0.29, 0.717) is 32.2 Å². The number of anilines is 1. The average molecular weight is 563 g/mol. The Morgan fingerprint density at radius 2 is 1.77 bits per heavy atom. The first kappa shape index (κ1) is 29.9. The number of amides is 2. The minimum absolute atomic E-state index is 0.0476. The number of benzene rings is 2. The van der Waals surface area contributed by atoms with E-state index >= 15 is 0 Å². The second-order valence-electron chi connectivity index (χ2n) is 11.6. The van der Waals surface area contributed by atoms with Crippen molar-refractivity contribution in [1.82, 2.24) is 5.32 Å². The third kappa shape index (κ3) is 6.28. The van der Waals surface area contributed by atoms with Crippen molar-refractivity contribution in [3.63, 3.8) is 0 Å². The lowest BCUT2D eigenvalue weighted by molar-refractivity contribution is -0.185. The van der Waals surface area contributed by atoms with Crippen molar-refractivity contribution in [3.8, 4) is 0 Å². The number of rotatable bonds is 7. The maximum Gasteiger partial charge on any atom is 0.416 e.